The van der Waals surface area contributed by atoms with E-state index in [0.29, 0.717) is 16.7 Å². The van der Waals surface area contributed by atoms with Crippen LogP contribution < -0.4 is 4.74 Å². The average molecular weight is 254 g/mol. The van der Waals surface area contributed by atoms with Gasteiger partial charge in [0.05, 0.1) is 18.8 Å². The Morgan fingerprint density at radius 1 is 1.05 bits per heavy atom. The van der Waals surface area contributed by atoms with E-state index in [-0.39, 0.29) is 5.82 Å². The fraction of sp³-hybridized carbons (Fsp3) is 0.0667. The van der Waals surface area contributed by atoms with Gasteiger partial charge in [-0.2, -0.15) is 0 Å². The lowest BCUT2D eigenvalue weighted by Crippen LogP contribution is -1.92. The minimum Gasteiger partial charge on any atom is -0.494 e. The van der Waals surface area contributed by atoms with Gasteiger partial charge in [-0.1, -0.05) is 0 Å². The zero-order chi connectivity index (χ0) is 13.2. The fourth-order valence-corrected chi connectivity index (χ4v) is 2.12. The van der Waals surface area contributed by atoms with Crippen LogP contribution in [0.5, 0.6) is 5.75 Å². The zero-order valence-electron chi connectivity index (χ0n) is 10.3. The number of fused-ring (bicyclic) bond motifs is 1. The summed E-state index contributed by atoms with van der Waals surface area (Å²) in [6.07, 6.45) is 4.96. The Balaban J connectivity index is 2.34. The lowest BCUT2D eigenvalue weighted by atomic mass is 10.0. The Morgan fingerprint density at radius 3 is 2.79 bits per heavy atom. The molecule has 94 valence electrons. The van der Waals surface area contributed by atoms with E-state index < -0.39 is 0 Å². The van der Waals surface area contributed by atoms with E-state index in [1.54, 1.807) is 43.9 Å². The number of rotatable bonds is 2. The molecule has 4 heteroatoms. The molecule has 2 aromatic heterocycles. The number of halogens is 1. The van der Waals surface area contributed by atoms with Gasteiger partial charge in [-0.25, -0.2) is 4.39 Å². The molecule has 0 aliphatic carbocycles. The van der Waals surface area contributed by atoms with Crippen molar-refractivity contribution < 1.29 is 9.13 Å². The smallest absolute Gasteiger partial charge is 0.145 e. The highest BCUT2D eigenvalue weighted by Gasteiger charge is 2.12. The van der Waals surface area contributed by atoms with Crippen molar-refractivity contribution in [3.8, 4) is 16.9 Å². The van der Waals surface area contributed by atoms with Crippen molar-refractivity contribution in [2.75, 3.05) is 7.11 Å². The number of nitrogens with zero attached hydrogens (tertiary/aromatic N) is 2. The van der Waals surface area contributed by atoms with Crippen LogP contribution in [-0.2, 0) is 0 Å². The molecule has 0 aliphatic rings. The van der Waals surface area contributed by atoms with Crippen LogP contribution in [0.15, 0.2) is 48.9 Å². The normalized spacial score (nSPS) is 10.6. The summed E-state index contributed by atoms with van der Waals surface area (Å²) in [7, 11) is 1.58. The van der Waals surface area contributed by atoms with Crippen molar-refractivity contribution in [3.05, 3.63) is 54.7 Å². The fourth-order valence-electron chi connectivity index (χ4n) is 2.12. The highest BCUT2D eigenvalue weighted by atomic mass is 19.1. The summed E-state index contributed by atoms with van der Waals surface area (Å²) >= 11 is 0. The van der Waals surface area contributed by atoms with E-state index >= 15 is 0 Å². The molecule has 0 spiro atoms. The second-order valence-electron chi connectivity index (χ2n) is 4.07. The second kappa shape index (κ2) is 4.65. The molecule has 0 atom stereocenters. The lowest BCUT2D eigenvalue weighted by molar-refractivity contribution is 0.414. The van der Waals surface area contributed by atoms with E-state index in [4.69, 9.17) is 4.74 Å². The van der Waals surface area contributed by atoms with Gasteiger partial charge in [-0.15, -0.1) is 0 Å². The Kier molecular flexibility index (Phi) is 2.83. The Bertz CT molecular complexity index is 743. The van der Waals surface area contributed by atoms with Gasteiger partial charge in [0.25, 0.3) is 0 Å². The molecule has 3 rings (SSSR count). The molecule has 0 fully saturated rings. The van der Waals surface area contributed by atoms with Gasteiger partial charge in [0, 0.05) is 28.9 Å². The van der Waals surface area contributed by atoms with Gasteiger partial charge in [-0.3, -0.25) is 9.97 Å². The summed E-state index contributed by atoms with van der Waals surface area (Å²) < 4.78 is 19.1. The van der Waals surface area contributed by atoms with Crippen LogP contribution in [0, 0.1) is 5.82 Å². The van der Waals surface area contributed by atoms with Crippen molar-refractivity contribution in [1.82, 2.24) is 9.97 Å². The summed E-state index contributed by atoms with van der Waals surface area (Å²) in [6, 6.07) is 8.43. The molecule has 0 N–H and O–H groups in total. The Morgan fingerprint density at radius 2 is 1.95 bits per heavy atom. The quantitative estimate of drug-likeness (QED) is 0.702. The van der Waals surface area contributed by atoms with Crippen molar-refractivity contribution in [1.29, 1.82) is 0 Å². The van der Waals surface area contributed by atoms with Crippen LogP contribution in [-0.4, -0.2) is 17.1 Å². The van der Waals surface area contributed by atoms with Crippen LogP contribution in [0.1, 0.15) is 0 Å². The van der Waals surface area contributed by atoms with Crippen LogP contribution in [0.4, 0.5) is 4.39 Å². The molecule has 0 radical (unpaired) electrons. The maximum Gasteiger partial charge on any atom is 0.145 e. The predicted molar refractivity (Wildman–Crippen MR) is 71.5 cm³/mol. The number of methoxy groups -OCH3 is 1. The molecule has 0 amide bonds. The second-order valence-corrected chi connectivity index (χ2v) is 4.07. The van der Waals surface area contributed by atoms with E-state index in [1.807, 2.05) is 6.07 Å². The first-order valence-electron chi connectivity index (χ1n) is 5.83. The van der Waals surface area contributed by atoms with Crippen LogP contribution in [0.3, 0.4) is 0 Å². The molecular weight excluding hydrogens is 243 g/mol. The molecule has 0 unspecified atom stereocenters. The van der Waals surface area contributed by atoms with E-state index in [2.05, 4.69) is 9.97 Å². The molecule has 1 aromatic carbocycles. The van der Waals surface area contributed by atoms with Crippen molar-refractivity contribution in [3.63, 3.8) is 0 Å². The molecule has 3 aromatic rings. The first-order chi connectivity index (χ1) is 9.31. The monoisotopic (exact) mass is 254 g/mol. The highest BCUT2D eigenvalue weighted by Crippen LogP contribution is 2.33. The average Bonchev–Trinajstić information content (AvgIpc) is 2.48. The molecule has 0 aliphatic heterocycles. The third kappa shape index (κ3) is 1.91. The molecule has 19 heavy (non-hydrogen) atoms. The highest BCUT2D eigenvalue weighted by molar-refractivity contribution is 5.95. The Labute approximate surface area is 109 Å². The number of pyridine rings is 2. The third-order valence-corrected chi connectivity index (χ3v) is 3.01. The molecule has 0 bridgehead atoms. The third-order valence-electron chi connectivity index (χ3n) is 3.01. The van der Waals surface area contributed by atoms with Crippen molar-refractivity contribution in [2.45, 2.75) is 0 Å². The molecule has 2 heterocycles. The summed E-state index contributed by atoms with van der Waals surface area (Å²) in [5.74, 6) is 0.362. The zero-order valence-corrected chi connectivity index (χ0v) is 10.3. The molecular formula is C15H11FN2O. The summed E-state index contributed by atoms with van der Waals surface area (Å²) in [5, 5.41) is 0.499. The molecule has 0 saturated carbocycles. The van der Waals surface area contributed by atoms with Crippen molar-refractivity contribution in [2.24, 2.45) is 0 Å². The van der Waals surface area contributed by atoms with Crippen LogP contribution in [0.25, 0.3) is 22.0 Å². The standard InChI is InChI=1S/C15H11FN2O/c1-19-14-9-17-8-6-10(14)11-4-5-13(16)12-3-2-7-18-15(11)12/h2-9H,1H3. The number of ether oxygens (including phenoxy) is 1. The maximum absolute atomic E-state index is 13.8. The first-order valence-corrected chi connectivity index (χ1v) is 5.83. The molecule has 3 nitrogen and oxygen atoms in total. The number of aromatic nitrogens is 2. The van der Waals surface area contributed by atoms with E-state index in [9.17, 15) is 4.39 Å². The Hall–Kier alpha value is -2.49. The van der Waals surface area contributed by atoms with Gasteiger partial charge in [-0.05, 0) is 30.3 Å². The van der Waals surface area contributed by atoms with Gasteiger partial charge >= 0.3 is 0 Å². The van der Waals surface area contributed by atoms with Crippen LogP contribution >= 0.6 is 0 Å². The van der Waals surface area contributed by atoms with E-state index in [1.165, 1.54) is 6.07 Å². The SMILES string of the molecule is COc1cnccc1-c1ccc(F)c2cccnc12. The molecule has 0 saturated heterocycles. The summed E-state index contributed by atoms with van der Waals surface area (Å²) in [4.78, 5) is 8.30. The van der Waals surface area contributed by atoms with Crippen molar-refractivity contribution >= 4 is 10.9 Å². The largest absolute Gasteiger partial charge is 0.494 e. The van der Waals surface area contributed by atoms with Gasteiger partial charge in [0.1, 0.15) is 11.6 Å². The first kappa shape index (κ1) is 11.6. The van der Waals surface area contributed by atoms with Crippen LogP contribution in [0.2, 0.25) is 0 Å². The van der Waals surface area contributed by atoms with Gasteiger partial charge in [0.15, 0.2) is 0 Å². The summed E-state index contributed by atoms with van der Waals surface area (Å²) in [5.41, 5.74) is 2.30. The van der Waals surface area contributed by atoms with Gasteiger partial charge < -0.3 is 4.74 Å². The number of hydrogen-bond donors (Lipinski definition) is 0. The number of hydrogen-bond acceptors (Lipinski definition) is 3. The summed E-state index contributed by atoms with van der Waals surface area (Å²) in [6.45, 7) is 0. The number of benzene rings is 1. The minimum atomic E-state index is -0.278. The van der Waals surface area contributed by atoms with E-state index in [0.717, 1.165) is 11.1 Å². The predicted octanol–water partition coefficient (Wildman–Crippen LogP) is 3.44. The van der Waals surface area contributed by atoms with Gasteiger partial charge in [0.2, 0.25) is 0 Å². The minimum absolute atomic E-state index is 0.278. The topological polar surface area (TPSA) is 35.0 Å². The lowest BCUT2D eigenvalue weighted by Gasteiger charge is -2.10. The maximum atomic E-state index is 13.8.